The third kappa shape index (κ3) is 3.85. The third-order valence-electron chi connectivity index (χ3n) is 2.64. The van der Waals surface area contributed by atoms with E-state index in [0.29, 0.717) is 6.04 Å². The van der Waals surface area contributed by atoms with Crippen molar-refractivity contribution in [3.05, 3.63) is 35.4 Å². The lowest BCUT2D eigenvalue weighted by Crippen LogP contribution is -2.21. The molecule has 16 heavy (non-hydrogen) atoms. The van der Waals surface area contributed by atoms with Gasteiger partial charge in [-0.05, 0) is 44.5 Å². The molecule has 0 heterocycles. The lowest BCUT2D eigenvalue weighted by atomic mass is 10.0. The first-order valence-electron chi connectivity index (χ1n) is 5.27. The first-order valence-corrected chi connectivity index (χ1v) is 5.27. The second-order valence-corrected chi connectivity index (χ2v) is 3.92. The average molecular weight is 231 g/mol. The summed E-state index contributed by atoms with van der Waals surface area (Å²) >= 11 is 0. The normalized spacial score (nSPS) is 13.8. The average Bonchev–Trinajstić information content (AvgIpc) is 2.25. The molecule has 0 saturated heterocycles. The smallest absolute Gasteiger partial charge is 0.317 e. The predicted molar refractivity (Wildman–Crippen MR) is 58.3 cm³/mol. The molecule has 4 heteroatoms. The van der Waals surface area contributed by atoms with Crippen LogP contribution in [0.25, 0.3) is 0 Å². The highest BCUT2D eigenvalue weighted by Gasteiger charge is 2.29. The van der Waals surface area contributed by atoms with E-state index in [1.807, 2.05) is 14.0 Å². The number of nitrogens with one attached hydrogen (secondary N) is 1. The van der Waals surface area contributed by atoms with Crippen molar-refractivity contribution in [3.8, 4) is 0 Å². The molecule has 0 bridgehead atoms. The lowest BCUT2D eigenvalue weighted by Gasteiger charge is -2.10. The van der Waals surface area contributed by atoms with E-state index < -0.39 is 11.7 Å². The van der Waals surface area contributed by atoms with Crippen LogP contribution in [-0.2, 0) is 12.6 Å². The Morgan fingerprint density at radius 3 is 2.19 bits per heavy atom. The minimum absolute atomic E-state index is 0.377. The highest BCUT2D eigenvalue weighted by Crippen LogP contribution is 2.29. The van der Waals surface area contributed by atoms with Gasteiger partial charge < -0.3 is 5.32 Å². The molecular formula is C12H16F3N. The van der Waals surface area contributed by atoms with E-state index in [0.717, 1.165) is 30.5 Å². The van der Waals surface area contributed by atoms with Gasteiger partial charge in [-0.15, -0.1) is 0 Å². The highest BCUT2D eigenvalue weighted by molar-refractivity contribution is 5.24. The quantitative estimate of drug-likeness (QED) is 0.838. The summed E-state index contributed by atoms with van der Waals surface area (Å²) in [5, 5.41) is 3.09. The number of alkyl halides is 3. The number of hydrogen-bond acceptors (Lipinski definition) is 1. The Labute approximate surface area is 93.7 Å². The Morgan fingerprint density at radius 1 is 1.19 bits per heavy atom. The van der Waals surface area contributed by atoms with Gasteiger partial charge in [0.25, 0.3) is 0 Å². The molecule has 0 aliphatic carbocycles. The number of rotatable bonds is 4. The third-order valence-corrected chi connectivity index (χ3v) is 2.64. The van der Waals surface area contributed by atoms with Crippen molar-refractivity contribution in [2.45, 2.75) is 32.0 Å². The Bertz CT molecular complexity index is 316. The fraction of sp³-hybridized carbons (Fsp3) is 0.500. The summed E-state index contributed by atoms with van der Waals surface area (Å²) in [6.07, 6.45) is -2.53. The molecule has 1 N–H and O–H groups in total. The van der Waals surface area contributed by atoms with Gasteiger partial charge in [0.2, 0.25) is 0 Å². The maximum Gasteiger partial charge on any atom is 0.416 e. The number of halogens is 3. The predicted octanol–water partition coefficient (Wildman–Crippen LogP) is 3.25. The zero-order valence-electron chi connectivity index (χ0n) is 9.43. The van der Waals surface area contributed by atoms with Crippen molar-refractivity contribution < 1.29 is 13.2 Å². The van der Waals surface area contributed by atoms with Crippen molar-refractivity contribution >= 4 is 0 Å². The SMILES string of the molecule is CN[C@@H](C)CCc1ccc(C(F)(F)F)cc1. The van der Waals surface area contributed by atoms with E-state index in [9.17, 15) is 13.2 Å². The van der Waals surface area contributed by atoms with E-state index in [4.69, 9.17) is 0 Å². The molecule has 1 aromatic carbocycles. The molecule has 0 fully saturated rings. The number of aryl methyl sites for hydroxylation is 1. The second kappa shape index (κ2) is 5.34. The zero-order chi connectivity index (χ0) is 12.2. The van der Waals surface area contributed by atoms with Crippen LogP contribution in [0.5, 0.6) is 0 Å². The van der Waals surface area contributed by atoms with E-state index >= 15 is 0 Å². The molecule has 1 aromatic rings. The van der Waals surface area contributed by atoms with Crippen LogP contribution in [0.1, 0.15) is 24.5 Å². The van der Waals surface area contributed by atoms with Crippen molar-refractivity contribution in [1.29, 1.82) is 0 Å². The Hall–Kier alpha value is -1.03. The molecule has 0 aliphatic rings. The van der Waals surface area contributed by atoms with Crippen molar-refractivity contribution in [3.63, 3.8) is 0 Å². The van der Waals surface area contributed by atoms with Crippen molar-refractivity contribution in [2.75, 3.05) is 7.05 Å². The topological polar surface area (TPSA) is 12.0 Å². The van der Waals surface area contributed by atoms with Crippen LogP contribution in [0.15, 0.2) is 24.3 Å². The van der Waals surface area contributed by atoms with Crippen molar-refractivity contribution in [2.24, 2.45) is 0 Å². The van der Waals surface area contributed by atoms with E-state index in [1.54, 1.807) is 12.1 Å². The van der Waals surface area contributed by atoms with E-state index in [2.05, 4.69) is 5.32 Å². The summed E-state index contributed by atoms with van der Waals surface area (Å²) in [7, 11) is 1.87. The molecule has 0 unspecified atom stereocenters. The van der Waals surface area contributed by atoms with Gasteiger partial charge in [-0.3, -0.25) is 0 Å². The van der Waals surface area contributed by atoms with Gasteiger partial charge in [-0.1, -0.05) is 12.1 Å². The summed E-state index contributed by atoms with van der Waals surface area (Å²) in [5.41, 5.74) is 0.355. The zero-order valence-corrected chi connectivity index (χ0v) is 9.43. The van der Waals surface area contributed by atoms with Crippen LogP contribution in [0, 0.1) is 0 Å². The Balaban J connectivity index is 2.58. The van der Waals surface area contributed by atoms with Gasteiger partial charge >= 0.3 is 6.18 Å². The number of hydrogen-bond donors (Lipinski definition) is 1. The Morgan fingerprint density at radius 2 is 1.75 bits per heavy atom. The standard InChI is InChI=1S/C12H16F3N/c1-9(16-2)3-4-10-5-7-11(8-6-10)12(13,14)15/h5-9,16H,3-4H2,1-2H3/t9-/m0/s1. The largest absolute Gasteiger partial charge is 0.416 e. The molecule has 0 aliphatic heterocycles. The summed E-state index contributed by atoms with van der Waals surface area (Å²) < 4.78 is 36.8. The summed E-state index contributed by atoms with van der Waals surface area (Å²) in [5.74, 6) is 0. The molecule has 0 spiro atoms. The molecule has 1 rings (SSSR count). The van der Waals surface area contributed by atoms with Crippen LogP contribution < -0.4 is 5.32 Å². The molecule has 1 atom stereocenters. The Kier molecular flexibility index (Phi) is 4.35. The number of benzene rings is 1. The van der Waals surface area contributed by atoms with Crippen LogP contribution >= 0.6 is 0 Å². The fourth-order valence-corrected chi connectivity index (χ4v) is 1.39. The first kappa shape index (κ1) is 13.0. The van der Waals surface area contributed by atoms with Crippen LogP contribution in [0.2, 0.25) is 0 Å². The van der Waals surface area contributed by atoms with Gasteiger partial charge in [0.05, 0.1) is 5.56 Å². The molecule has 1 nitrogen and oxygen atoms in total. The monoisotopic (exact) mass is 231 g/mol. The van der Waals surface area contributed by atoms with Crippen LogP contribution in [-0.4, -0.2) is 13.1 Å². The molecule has 0 radical (unpaired) electrons. The van der Waals surface area contributed by atoms with Gasteiger partial charge in [0, 0.05) is 6.04 Å². The minimum atomic E-state index is -4.24. The maximum absolute atomic E-state index is 12.3. The molecule has 0 amide bonds. The molecule has 90 valence electrons. The fourth-order valence-electron chi connectivity index (χ4n) is 1.39. The van der Waals surface area contributed by atoms with Crippen LogP contribution in [0.3, 0.4) is 0 Å². The lowest BCUT2D eigenvalue weighted by molar-refractivity contribution is -0.137. The molecule has 0 saturated carbocycles. The van der Waals surface area contributed by atoms with Crippen LogP contribution in [0.4, 0.5) is 13.2 Å². The van der Waals surface area contributed by atoms with E-state index in [-0.39, 0.29) is 0 Å². The van der Waals surface area contributed by atoms with Crippen molar-refractivity contribution in [1.82, 2.24) is 5.32 Å². The van der Waals surface area contributed by atoms with Gasteiger partial charge in [-0.25, -0.2) is 0 Å². The van der Waals surface area contributed by atoms with Gasteiger partial charge in [-0.2, -0.15) is 13.2 Å². The minimum Gasteiger partial charge on any atom is -0.317 e. The van der Waals surface area contributed by atoms with E-state index in [1.165, 1.54) is 0 Å². The first-order chi connectivity index (χ1) is 7.43. The summed E-state index contributed by atoms with van der Waals surface area (Å²) in [6.45, 7) is 2.05. The van der Waals surface area contributed by atoms with Gasteiger partial charge in [0.15, 0.2) is 0 Å². The second-order valence-electron chi connectivity index (χ2n) is 3.92. The maximum atomic E-state index is 12.3. The highest BCUT2D eigenvalue weighted by atomic mass is 19.4. The molecule has 0 aromatic heterocycles. The van der Waals surface area contributed by atoms with Gasteiger partial charge in [0.1, 0.15) is 0 Å². The summed E-state index contributed by atoms with van der Waals surface area (Å²) in [4.78, 5) is 0. The summed E-state index contributed by atoms with van der Waals surface area (Å²) in [6, 6.07) is 5.75. The molecular weight excluding hydrogens is 215 g/mol.